The molecule has 0 atom stereocenters. The van der Waals surface area contributed by atoms with Gasteiger partial charge < -0.3 is 51.0 Å². The van der Waals surface area contributed by atoms with Crippen LogP contribution in [0.3, 0.4) is 0 Å². The quantitative estimate of drug-likeness (QED) is 0.0586. The number of hydrogen-bond donors (Lipinski definition) is 7. The third-order valence-electron chi connectivity index (χ3n) is 9.88. The molecule has 0 saturated carbocycles. The van der Waals surface area contributed by atoms with Gasteiger partial charge in [0.2, 0.25) is 0 Å². The van der Waals surface area contributed by atoms with Crippen molar-refractivity contribution < 1.29 is 52.4 Å². The van der Waals surface area contributed by atoms with Gasteiger partial charge in [-0.1, -0.05) is 218 Å². The van der Waals surface area contributed by atoms with Gasteiger partial charge in [0, 0.05) is 34.0 Å². The van der Waals surface area contributed by atoms with Crippen molar-refractivity contribution in [2.75, 3.05) is 0 Å². The number of rotatable bonds is 15. The number of hydrogen-bond acceptors (Lipinski definition) is 11. The lowest BCUT2D eigenvalue weighted by molar-refractivity contribution is 0.0564. The Hall–Kier alpha value is -9.43. The highest BCUT2D eigenvalue weighted by molar-refractivity contribution is 6.85. The first kappa shape index (κ1) is 64.1. The highest BCUT2D eigenvalue weighted by Gasteiger charge is 2.48. The molecule has 15 heteroatoms. The van der Waals surface area contributed by atoms with Crippen molar-refractivity contribution in [2.24, 2.45) is 0 Å². The fourth-order valence-electron chi connectivity index (χ4n) is 6.13. The van der Waals surface area contributed by atoms with Crippen LogP contribution in [0.5, 0.6) is 0 Å². The summed E-state index contributed by atoms with van der Waals surface area (Å²) < 4.78 is 24.5. The Kier molecular flexibility index (Phi) is 29.0. The van der Waals surface area contributed by atoms with E-state index in [1.165, 1.54) is 36.4 Å². The third-order valence-corrected chi connectivity index (χ3v) is 18.1. The Morgan fingerprint density at radius 2 is 0.556 bits per heavy atom. The third kappa shape index (κ3) is 26.2. The molecule has 0 aliphatic rings. The minimum Gasteiger partial charge on any atom is -0.387 e. The summed E-state index contributed by atoms with van der Waals surface area (Å²) in [4.78, 5) is 66.1. The Labute approximate surface area is 480 Å². The molecule has 0 unspecified atom stereocenters. The monoisotopic (exact) mass is 1130 g/mol. The normalized spacial score (nSPS) is 9.67. The van der Waals surface area contributed by atoms with Crippen LogP contribution in [0.4, 0.5) is 0 Å². The zero-order chi connectivity index (χ0) is 58.2. The zero-order valence-corrected chi connectivity index (χ0v) is 47.7. The van der Waals surface area contributed by atoms with E-state index in [4.69, 9.17) is 38.2 Å². The van der Waals surface area contributed by atoms with Crippen molar-refractivity contribution in [3.63, 3.8) is 0 Å². The van der Waals surface area contributed by atoms with Gasteiger partial charge in [0.25, 0.3) is 0 Å². The highest BCUT2D eigenvalue weighted by atomic mass is 28.5. The molecule has 81 heavy (non-hydrogen) atoms. The van der Waals surface area contributed by atoms with E-state index in [2.05, 4.69) is 149 Å². The molecule has 0 fully saturated rings. The molecule has 0 aromatic heterocycles. The lowest BCUT2D eigenvalue weighted by atomic mass is 10.2. The average molecular weight is 1140 g/mol. The van der Waals surface area contributed by atoms with Gasteiger partial charge in [0.05, 0.1) is 19.8 Å². The molecule has 0 aliphatic carbocycles. The lowest BCUT2D eigenvalue weighted by Gasteiger charge is -2.30. The minimum absolute atomic E-state index is 0. The van der Waals surface area contributed by atoms with Crippen LogP contribution in [0.1, 0.15) is 25.0 Å². The van der Waals surface area contributed by atoms with Crippen LogP contribution in [-0.4, -0.2) is 68.8 Å². The second kappa shape index (κ2) is 36.6. The smallest absolute Gasteiger partial charge is 0.387 e. The molecule has 7 N–H and O–H groups in total. The van der Waals surface area contributed by atoms with Crippen LogP contribution in [-0.2, 0) is 37.2 Å². The Morgan fingerprint density at radius 3 is 0.802 bits per heavy atom. The maximum absolute atomic E-state index is 9.97. The maximum atomic E-state index is 9.97. The zero-order valence-electron chi connectivity index (χ0n) is 43.7. The predicted molar refractivity (Wildman–Crippen MR) is 324 cm³/mol. The lowest BCUT2D eigenvalue weighted by Crippen LogP contribution is -2.64. The molecule has 7 rings (SSSR count). The first-order chi connectivity index (χ1) is 39.3. The summed E-state index contributed by atoms with van der Waals surface area (Å²) in [5.74, 6) is 46.9. The van der Waals surface area contributed by atoms with Crippen LogP contribution in [0, 0.1) is 119 Å². The molecule has 400 valence electrons. The highest BCUT2D eigenvalue weighted by Crippen LogP contribution is 2.19. The molecular weight excluding hydrogens is 1080 g/mol. The van der Waals surface area contributed by atoms with E-state index >= 15 is 0 Å². The van der Waals surface area contributed by atoms with Gasteiger partial charge in [0.15, 0.2) is 0 Å². The van der Waals surface area contributed by atoms with Gasteiger partial charge in [-0.15, -0.1) is 6.42 Å². The summed E-state index contributed by atoms with van der Waals surface area (Å²) >= 11 is 0. The topological polar surface area (TPSA) is 179 Å². The van der Waals surface area contributed by atoms with Crippen molar-refractivity contribution in [3.8, 4) is 119 Å². The van der Waals surface area contributed by atoms with Crippen molar-refractivity contribution in [1.82, 2.24) is 0 Å². The number of terminal acetylenes is 1. The molecule has 11 nitrogen and oxygen atoms in total. The van der Waals surface area contributed by atoms with E-state index in [1.807, 2.05) is 84.9 Å². The van der Waals surface area contributed by atoms with E-state index in [-0.39, 0.29) is 17.0 Å². The van der Waals surface area contributed by atoms with Gasteiger partial charge in [-0.25, -0.2) is 0 Å². The van der Waals surface area contributed by atoms with Crippen LogP contribution < -0.4 is 20.7 Å². The molecule has 0 aliphatic heterocycles. The minimum atomic E-state index is -4.34. The molecule has 0 saturated heterocycles. The Bertz CT molecular complexity index is 3530. The molecule has 7 aromatic rings. The van der Waals surface area contributed by atoms with Crippen LogP contribution >= 0.6 is 0 Å². The van der Waals surface area contributed by atoms with Gasteiger partial charge in [-0.05, 0) is 118 Å². The van der Waals surface area contributed by atoms with E-state index < -0.39 is 35.2 Å². The van der Waals surface area contributed by atoms with Crippen molar-refractivity contribution in [3.05, 3.63) is 229 Å². The fraction of sp³-hybridized carbons (Fsp3) is 0.0606. The molecule has 0 heterocycles. The van der Waals surface area contributed by atoms with E-state index in [0.29, 0.717) is 19.8 Å². The molecule has 0 spiro atoms. The second-order valence-corrected chi connectivity index (χ2v) is 24.6. The van der Waals surface area contributed by atoms with Crippen molar-refractivity contribution in [1.29, 1.82) is 0 Å². The first-order valence-electron chi connectivity index (χ1n) is 24.2. The molecule has 0 radical (unpaired) electrons. The largest absolute Gasteiger partial charge is 0.538 e. The first-order valence-corrected chi connectivity index (χ1v) is 31.3. The predicted octanol–water partition coefficient (Wildman–Crippen LogP) is 3.87. The summed E-state index contributed by atoms with van der Waals surface area (Å²) in [5, 5.41) is 1.48. The maximum Gasteiger partial charge on any atom is 0.538 e. The molecular formula is C66H54O11Si4. The van der Waals surface area contributed by atoms with Gasteiger partial charge in [-0.3, -0.25) is 0 Å². The summed E-state index contributed by atoms with van der Waals surface area (Å²) in [6.45, 7) is 2.96. The van der Waals surface area contributed by atoms with E-state index in [0.717, 1.165) is 21.9 Å². The van der Waals surface area contributed by atoms with E-state index in [9.17, 15) is 19.2 Å². The average Bonchev–Trinajstić information content (AvgIpc) is 3.53. The van der Waals surface area contributed by atoms with Gasteiger partial charge in [-0.2, -0.15) is 0 Å². The van der Waals surface area contributed by atoms with Crippen LogP contribution in [0.25, 0.3) is 0 Å². The van der Waals surface area contributed by atoms with Crippen molar-refractivity contribution >= 4 is 56.0 Å². The Balaban J connectivity index is 0.000000305. The SMILES string of the molecule is C#CC#CC#CC#CC#CC#CC#CC#CC#CC#CC.O[Si](O)(O)c1ccccc1.O[Si](O)(O[Si](O)(O)c1ccccc1)c1ccccc1.[HH].c1ccc(CO[Si](OCc2ccccc2)(OCc2ccccc2)c2ccccc2)cc1. The van der Waals surface area contributed by atoms with Crippen molar-refractivity contribution in [2.45, 2.75) is 26.7 Å². The summed E-state index contributed by atoms with van der Waals surface area (Å²) in [5.41, 5.74) is 3.26. The number of benzene rings is 7. The second-order valence-electron chi connectivity index (χ2n) is 15.8. The van der Waals surface area contributed by atoms with Crippen LogP contribution in [0.15, 0.2) is 212 Å². The molecule has 0 amide bonds. The van der Waals surface area contributed by atoms with Gasteiger partial charge in [0.1, 0.15) is 0 Å². The summed E-state index contributed by atoms with van der Waals surface area (Å²) in [7, 11) is -15.9. The molecule has 7 aromatic carbocycles. The Morgan fingerprint density at radius 1 is 0.321 bits per heavy atom. The van der Waals surface area contributed by atoms with Gasteiger partial charge >= 0.3 is 35.2 Å². The fourth-order valence-corrected chi connectivity index (χ4v) is 13.0. The summed E-state index contributed by atoms with van der Waals surface area (Å²) in [6, 6.07) is 64.3. The standard InChI is InChI=1S/C27H26O3Si.C21H4.C12H14O5Si2.C6H8O3Si.H2/c1-5-13-24(14-6-1)21-28-31(27-19-11-4-12-20-27,29-22-25-15-7-2-8-16-25)30-23-26-17-9-3-10-18-26;1-3-5-7-9-11-13-15-17-19-21-20-18-16-14-12-10-8-6-4-2;13-18(14,11-7-3-1-4-8-11)17-19(15,16)12-9-5-2-6-10-12;7-10(8,9)6-4-2-1-3-5-6;/h1-20H,21-23H2;1H,2H3;1-10,13-16H;1-5,7-9H;1H. The summed E-state index contributed by atoms with van der Waals surface area (Å²) in [6.07, 6.45) is 4.90. The molecule has 0 bridgehead atoms. The van der Waals surface area contributed by atoms with Crippen LogP contribution in [0.2, 0.25) is 0 Å². The van der Waals surface area contributed by atoms with E-state index in [1.54, 1.807) is 61.5 Å².